The molecule has 0 aliphatic rings. The largest absolute Gasteiger partial charge is 0.399 e. The lowest BCUT2D eigenvalue weighted by Gasteiger charge is -2.11. The van der Waals surface area contributed by atoms with Gasteiger partial charge >= 0.3 is 0 Å². The number of nitrogen functional groups attached to an aromatic ring is 1. The summed E-state index contributed by atoms with van der Waals surface area (Å²) >= 11 is 1.38. The van der Waals surface area contributed by atoms with Gasteiger partial charge in [-0.25, -0.2) is 13.6 Å². The molecule has 0 amide bonds. The lowest BCUT2D eigenvalue weighted by Crippen LogP contribution is -2.13. The molecule has 0 aromatic heterocycles. The smallest absolute Gasteiger partial charge is 0.239 e. The van der Waals surface area contributed by atoms with E-state index < -0.39 is 10.0 Å². The second kappa shape index (κ2) is 5.47. The van der Waals surface area contributed by atoms with E-state index in [1.165, 1.54) is 17.8 Å². The maximum Gasteiger partial charge on any atom is 0.239 e. The number of benzene rings is 2. The molecule has 4 nitrogen and oxygen atoms in total. The molecule has 0 unspecified atom stereocenters. The highest BCUT2D eigenvalue weighted by Gasteiger charge is 2.16. The zero-order valence-electron chi connectivity index (χ0n) is 11.3. The van der Waals surface area contributed by atoms with E-state index in [1.54, 1.807) is 12.1 Å². The van der Waals surface area contributed by atoms with Gasteiger partial charge in [-0.15, -0.1) is 0 Å². The van der Waals surface area contributed by atoms with Crippen LogP contribution in [0.3, 0.4) is 0 Å². The van der Waals surface area contributed by atoms with E-state index in [4.69, 9.17) is 10.9 Å². The van der Waals surface area contributed by atoms with Gasteiger partial charge in [-0.3, -0.25) is 0 Å². The Bertz CT molecular complexity index is 756. The van der Waals surface area contributed by atoms with Gasteiger partial charge in [0, 0.05) is 15.5 Å². The summed E-state index contributed by atoms with van der Waals surface area (Å²) in [4.78, 5) is 1.64. The Morgan fingerprint density at radius 3 is 2.35 bits per heavy atom. The van der Waals surface area contributed by atoms with Crippen molar-refractivity contribution in [3.8, 4) is 0 Å². The van der Waals surface area contributed by atoms with Crippen LogP contribution in [0.2, 0.25) is 0 Å². The van der Waals surface area contributed by atoms with Crippen molar-refractivity contribution < 1.29 is 8.42 Å². The quantitative estimate of drug-likeness (QED) is 0.854. The Hall–Kier alpha value is -1.50. The van der Waals surface area contributed by atoms with E-state index in [0.29, 0.717) is 10.6 Å². The molecular weight excluding hydrogens is 292 g/mol. The first-order chi connectivity index (χ1) is 9.27. The SMILES string of the molecule is Cc1ccc(C)c(Sc2ccc(N)cc2S(N)(=O)=O)c1. The summed E-state index contributed by atoms with van der Waals surface area (Å²) in [6.45, 7) is 3.97. The number of primary sulfonamides is 1. The maximum absolute atomic E-state index is 11.7. The molecular formula is C14H16N2O2S2. The van der Waals surface area contributed by atoms with Gasteiger partial charge in [-0.2, -0.15) is 0 Å². The predicted octanol–water partition coefficient (Wildman–Crippen LogP) is 2.68. The molecule has 0 saturated carbocycles. The van der Waals surface area contributed by atoms with Crippen LogP contribution in [-0.2, 0) is 10.0 Å². The molecule has 0 aliphatic heterocycles. The van der Waals surface area contributed by atoms with Gasteiger partial charge in [0.2, 0.25) is 10.0 Å². The van der Waals surface area contributed by atoms with E-state index in [-0.39, 0.29) is 4.90 Å². The Labute approximate surface area is 123 Å². The average molecular weight is 308 g/mol. The predicted molar refractivity (Wildman–Crippen MR) is 82.3 cm³/mol. The molecule has 2 rings (SSSR count). The molecule has 0 bridgehead atoms. The van der Waals surface area contributed by atoms with Crippen LogP contribution < -0.4 is 10.9 Å². The summed E-state index contributed by atoms with van der Waals surface area (Å²) in [5, 5.41) is 5.25. The van der Waals surface area contributed by atoms with E-state index in [0.717, 1.165) is 16.0 Å². The molecule has 2 aromatic carbocycles. The molecule has 0 radical (unpaired) electrons. The molecule has 2 aromatic rings. The van der Waals surface area contributed by atoms with Crippen LogP contribution in [0.4, 0.5) is 5.69 Å². The summed E-state index contributed by atoms with van der Waals surface area (Å²) in [6.07, 6.45) is 0. The third-order valence-electron chi connectivity index (χ3n) is 2.84. The number of nitrogens with two attached hydrogens (primary N) is 2. The summed E-state index contributed by atoms with van der Waals surface area (Å²) in [6, 6.07) is 10.8. The monoisotopic (exact) mass is 308 g/mol. The van der Waals surface area contributed by atoms with Crippen LogP contribution in [0.1, 0.15) is 11.1 Å². The Morgan fingerprint density at radius 1 is 1.00 bits per heavy atom. The van der Waals surface area contributed by atoms with Crippen molar-refractivity contribution in [1.29, 1.82) is 0 Å². The fraction of sp³-hybridized carbons (Fsp3) is 0.143. The van der Waals surface area contributed by atoms with Gasteiger partial charge in [0.1, 0.15) is 0 Å². The van der Waals surface area contributed by atoms with Crippen molar-refractivity contribution in [1.82, 2.24) is 0 Å². The van der Waals surface area contributed by atoms with Gasteiger partial charge in [-0.05, 0) is 49.2 Å². The van der Waals surface area contributed by atoms with Crippen molar-refractivity contribution in [2.75, 3.05) is 5.73 Å². The molecule has 20 heavy (non-hydrogen) atoms. The van der Waals surface area contributed by atoms with Gasteiger partial charge < -0.3 is 5.73 Å². The van der Waals surface area contributed by atoms with Crippen molar-refractivity contribution in [2.24, 2.45) is 5.14 Å². The van der Waals surface area contributed by atoms with E-state index in [2.05, 4.69) is 0 Å². The number of aryl methyl sites for hydroxylation is 2. The lowest BCUT2D eigenvalue weighted by atomic mass is 10.2. The van der Waals surface area contributed by atoms with Crippen LogP contribution in [0.5, 0.6) is 0 Å². The highest BCUT2D eigenvalue weighted by molar-refractivity contribution is 8.00. The molecule has 0 aliphatic carbocycles. The molecule has 106 valence electrons. The van der Waals surface area contributed by atoms with Crippen molar-refractivity contribution in [3.05, 3.63) is 47.5 Å². The summed E-state index contributed by atoms with van der Waals surface area (Å²) in [7, 11) is -3.80. The number of sulfonamides is 1. The highest BCUT2D eigenvalue weighted by Crippen LogP contribution is 2.35. The van der Waals surface area contributed by atoms with Crippen LogP contribution >= 0.6 is 11.8 Å². The second-order valence-electron chi connectivity index (χ2n) is 4.62. The third-order valence-corrected chi connectivity index (χ3v) is 5.15. The van der Waals surface area contributed by atoms with Crippen molar-refractivity contribution in [3.63, 3.8) is 0 Å². The second-order valence-corrected chi connectivity index (χ2v) is 7.24. The summed E-state index contributed by atoms with van der Waals surface area (Å²) in [5.41, 5.74) is 8.21. The Kier molecular flexibility index (Phi) is 4.08. The number of anilines is 1. The van der Waals surface area contributed by atoms with Crippen LogP contribution in [0, 0.1) is 13.8 Å². The minimum Gasteiger partial charge on any atom is -0.399 e. The average Bonchev–Trinajstić information content (AvgIpc) is 2.34. The minimum absolute atomic E-state index is 0.0587. The third kappa shape index (κ3) is 3.33. The molecule has 0 fully saturated rings. The van der Waals surface area contributed by atoms with E-state index in [1.807, 2.05) is 32.0 Å². The van der Waals surface area contributed by atoms with Gasteiger partial charge in [0.05, 0.1) is 4.90 Å². The molecule has 0 atom stereocenters. The van der Waals surface area contributed by atoms with Gasteiger partial charge in [0.15, 0.2) is 0 Å². The fourth-order valence-corrected chi connectivity index (χ4v) is 3.90. The fourth-order valence-electron chi connectivity index (χ4n) is 1.77. The first-order valence-electron chi connectivity index (χ1n) is 5.95. The van der Waals surface area contributed by atoms with Crippen LogP contribution in [0.15, 0.2) is 51.1 Å². The standard InChI is InChI=1S/C14H16N2O2S2/c1-9-3-4-10(2)13(7-9)19-12-6-5-11(15)8-14(12)20(16,17)18/h3-8H,15H2,1-2H3,(H2,16,17,18). The van der Waals surface area contributed by atoms with Gasteiger partial charge in [-0.1, -0.05) is 23.9 Å². The normalized spacial score (nSPS) is 11.6. The maximum atomic E-state index is 11.7. The molecule has 0 spiro atoms. The topological polar surface area (TPSA) is 86.2 Å². The van der Waals surface area contributed by atoms with Crippen LogP contribution in [-0.4, -0.2) is 8.42 Å². The first-order valence-corrected chi connectivity index (χ1v) is 8.31. The molecule has 6 heteroatoms. The zero-order valence-corrected chi connectivity index (χ0v) is 12.9. The number of hydrogen-bond donors (Lipinski definition) is 2. The number of hydrogen-bond acceptors (Lipinski definition) is 4. The minimum atomic E-state index is -3.80. The highest BCUT2D eigenvalue weighted by atomic mass is 32.2. The Morgan fingerprint density at radius 2 is 1.70 bits per heavy atom. The zero-order chi connectivity index (χ0) is 14.9. The first kappa shape index (κ1) is 14.9. The van der Waals surface area contributed by atoms with Crippen molar-refractivity contribution in [2.45, 2.75) is 28.5 Å². The van der Waals surface area contributed by atoms with E-state index >= 15 is 0 Å². The molecule has 0 saturated heterocycles. The van der Waals surface area contributed by atoms with E-state index in [9.17, 15) is 8.42 Å². The molecule has 4 N–H and O–H groups in total. The van der Waals surface area contributed by atoms with Crippen molar-refractivity contribution >= 4 is 27.5 Å². The number of rotatable bonds is 3. The lowest BCUT2D eigenvalue weighted by molar-refractivity contribution is 0.596. The Balaban J connectivity index is 2.52. The summed E-state index contributed by atoms with van der Waals surface area (Å²) < 4.78 is 23.3. The summed E-state index contributed by atoms with van der Waals surface area (Å²) in [5.74, 6) is 0. The van der Waals surface area contributed by atoms with Crippen LogP contribution in [0.25, 0.3) is 0 Å². The molecule has 0 heterocycles. The van der Waals surface area contributed by atoms with Gasteiger partial charge in [0.25, 0.3) is 0 Å².